The van der Waals surface area contributed by atoms with Crippen LogP contribution in [0.4, 0.5) is 5.82 Å². The maximum Gasteiger partial charge on any atom is 0.354 e. The van der Waals surface area contributed by atoms with Crippen LogP contribution in [0.15, 0.2) is 12.4 Å². The molecule has 1 aliphatic rings. The molecule has 0 saturated carbocycles. The Bertz CT molecular complexity index is 395. The molecule has 0 aliphatic carbocycles. The fourth-order valence-electron chi connectivity index (χ4n) is 2.03. The van der Waals surface area contributed by atoms with Gasteiger partial charge in [0.15, 0.2) is 5.69 Å². The lowest BCUT2D eigenvalue weighted by Crippen LogP contribution is -2.35. The minimum atomic E-state index is -1.01. The molecule has 0 aromatic carbocycles. The number of carboxylic acids is 1. The molecule has 1 saturated heterocycles. The van der Waals surface area contributed by atoms with Crippen LogP contribution in [-0.2, 0) is 0 Å². The summed E-state index contributed by atoms with van der Waals surface area (Å²) in [5, 5.41) is 8.85. The topological polar surface area (TPSA) is 66.3 Å². The Labute approximate surface area is 94.1 Å². The molecule has 0 spiro atoms. The molecule has 2 rings (SSSR count). The van der Waals surface area contributed by atoms with Crippen molar-refractivity contribution in [1.29, 1.82) is 0 Å². The Morgan fingerprint density at radius 3 is 3.06 bits per heavy atom. The van der Waals surface area contributed by atoms with E-state index in [0.29, 0.717) is 5.92 Å². The number of nitrogens with zero attached hydrogens (tertiary/aromatic N) is 3. The zero-order valence-electron chi connectivity index (χ0n) is 9.26. The van der Waals surface area contributed by atoms with Gasteiger partial charge in [0.05, 0.1) is 0 Å². The number of anilines is 1. The van der Waals surface area contributed by atoms with Gasteiger partial charge in [-0.3, -0.25) is 0 Å². The lowest BCUT2D eigenvalue weighted by molar-refractivity contribution is 0.0690. The standard InChI is InChI=1S/C11H15N3O2/c1-8-3-2-4-14(6-8)10-5-9(11(15)16)12-7-13-10/h5,7-8H,2-4,6H2,1H3,(H,15,16)/t8-/m1/s1. The van der Waals surface area contributed by atoms with Crippen LogP contribution in [0, 0.1) is 5.92 Å². The van der Waals surface area contributed by atoms with E-state index in [1.54, 1.807) is 6.07 Å². The first-order chi connectivity index (χ1) is 7.66. The molecular formula is C11H15N3O2. The fourth-order valence-corrected chi connectivity index (χ4v) is 2.03. The van der Waals surface area contributed by atoms with Crippen molar-refractivity contribution in [3.63, 3.8) is 0 Å². The third-order valence-corrected chi connectivity index (χ3v) is 2.85. The van der Waals surface area contributed by atoms with Crippen molar-refractivity contribution < 1.29 is 9.90 Å². The number of hydrogen-bond donors (Lipinski definition) is 1. The van der Waals surface area contributed by atoms with Crippen LogP contribution < -0.4 is 4.90 Å². The first kappa shape index (κ1) is 10.9. The zero-order valence-corrected chi connectivity index (χ0v) is 9.26. The number of aromatic carboxylic acids is 1. The van der Waals surface area contributed by atoms with E-state index in [-0.39, 0.29) is 5.69 Å². The molecule has 16 heavy (non-hydrogen) atoms. The highest BCUT2D eigenvalue weighted by molar-refractivity contribution is 5.86. The summed E-state index contributed by atoms with van der Waals surface area (Å²) in [6.07, 6.45) is 3.68. The average molecular weight is 221 g/mol. The number of piperidine rings is 1. The number of carboxylic acid groups (broad SMARTS) is 1. The van der Waals surface area contributed by atoms with Gasteiger partial charge in [-0.05, 0) is 18.8 Å². The highest BCUT2D eigenvalue weighted by Crippen LogP contribution is 2.21. The maximum atomic E-state index is 10.8. The third kappa shape index (κ3) is 2.29. The van der Waals surface area contributed by atoms with E-state index in [1.807, 2.05) is 0 Å². The molecule has 86 valence electrons. The van der Waals surface area contributed by atoms with E-state index < -0.39 is 5.97 Å². The number of carbonyl (C=O) groups is 1. The molecule has 1 N–H and O–H groups in total. The van der Waals surface area contributed by atoms with Gasteiger partial charge in [0.2, 0.25) is 0 Å². The smallest absolute Gasteiger partial charge is 0.354 e. The predicted molar refractivity (Wildman–Crippen MR) is 59.6 cm³/mol. The molecule has 1 aliphatic heterocycles. The van der Waals surface area contributed by atoms with Gasteiger partial charge in [-0.2, -0.15) is 0 Å². The Kier molecular flexibility index (Phi) is 3.03. The fraction of sp³-hybridized carbons (Fsp3) is 0.545. The summed E-state index contributed by atoms with van der Waals surface area (Å²) < 4.78 is 0. The molecule has 0 bridgehead atoms. The number of rotatable bonds is 2. The summed E-state index contributed by atoms with van der Waals surface area (Å²) in [6, 6.07) is 1.54. The van der Waals surface area contributed by atoms with Crippen molar-refractivity contribution >= 4 is 11.8 Å². The Morgan fingerprint density at radius 2 is 2.38 bits per heavy atom. The van der Waals surface area contributed by atoms with Crippen LogP contribution in [0.3, 0.4) is 0 Å². The molecule has 1 fully saturated rings. The van der Waals surface area contributed by atoms with Crippen molar-refractivity contribution in [2.75, 3.05) is 18.0 Å². The Hall–Kier alpha value is -1.65. The first-order valence-electron chi connectivity index (χ1n) is 5.47. The second-order valence-corrected chi connectivity index (χ2v) is 4.26. The molecule has 2 heterocycles. The van der Waals surface area contributed by atoms with Crippen molar-refractivity contribution in [1.82, 2.24) is 9.97 Å². The van der Waals surface area contributed by atoms with Crippen molar-refractivity contribution in [3.8, 4) is 0 Å². The van der Waals surface area contributed by atoms with Crippen molar-refractivity contribution in [2.24, 2.45) is 5.92 Å². The van der Waals surface area contributed by atoms with Crippen LogP contribution in [0.5, 0.6) is 0 Å². The Balaban J connectivity index is 2.19. The minimum absolute atomic E-state index is 0.0585. The maximum absolute atomic E-state index is 10.8. The normalized spacial score (nSPS) is 20.8. The quantitative estimate of drug-likeness (QED) is 0.817. The average Bonchev–Trinajstić information content (AvgIpc) is 2.29. The summed E-state index contributed by atoms with van der Waals surface area (Å²) in [6.45, 7) is 4.09. The van der Waals surface area contributed by atoms with Crippen LogP contribution in [0.1, 0.15) is 30.3 Å². The van der Waals surface area contributed by atoms with E-state index in [0.717, 1.165) is 25.3 Å². The molecule has 1 aromatic heterocycles. The van der Waals surface area contributed by atoms with Crippen molar-refractivity contribution in [2.45, 2.75) is 19.8 Å². The van der Waals surface area contributed by atoms with Crippen molar-refractivity contribution in [3.05, 3.63) is 18.1 Å². The minimum Gasteiger partial charge on any atom is -0.477 e. The van der Waals surface area contributed by atoms with Gasteiger partial charge in [0.1, 0.15) is 12.1 Å². The molecular weight excluding hydrogens is 206 g/mol. The van der Waals surface area contributed by atoms with Gasteiger partial charge in [-0.25, -0.2) is 14.8 Å². The van der Waals surface area contributed by atoms with Gasteiger partial charge < -0.3 is 10.0 Å². The number of hydrogen-bond acceptors (Lipinski definition) is 4. The van der Waals surface area contributed by atoms with Gasteiger partial charge >= 0.3 is 5.97 Å². The van der Waals surface area contributed by atoms with Crippen LogP contribution >= 0.6 is 0 Å². The van der Waals surface area contributed by atoms with E-state index >= 15 is 0 Å². The van der Waals surface area contributed by atoms with Gasteiger partial charge in [0.25, 0.3) is 0 Å². The monoisotopic (exact) mass is 221 g/mol. The van der Waals surface area contributed by atoms with Crippen LogP contribution in [0.25, 0.3) is 0 Å². The van der Waals surface area contributed by atoms with Gasteiger partial charge in [-0.1, -0.05) is 6.92 Å². The molecule has 5 nitrogen and oxygen atoms in total. The molecule has 5 heteroatoms. The Morgan fingerprint density at radius 1 is 1.56 bits per heavy atom. The van der Waals surface area contributed by atoms with E-state index in [1.165, 1.54) is 12.7 Å². The van der Waals surface area contributed by atoms with E-state index in [4.69, 9.17) is 5.11 Å². The predicted octanol–water partition coefficient (Wildman–Crippen LogP) is 1.41. The highest BCUT2D eigenvalue weighted by atomic mass is 16.4. The summed E-state index contributed by atoms with van der Waals surface area (Å²) in [5.41, 5.74) is 0.0585. The third-order valence-electron chi connectivity index (χ3n) is 2.85. The van der Waals surface area contributed by atoms with E-state index in [2.05, 4.69) is 21.8 Å². The first-order valence-corrected chi connectivity index (χ1v) is 5.47. The summed E-state index contributed by atoms with van der Waals surface area (Å²) in [4.78, 5) is 20.8. The molecule has 0 amide bonds. The second-order valence-electron chi connectivity index (χ2n) is 4.26. The summed E-state index contributed by atoms with van der Waals surface area (Å²) >= 11 is 0. The SMILES string of the molecule is C[C@@H]1CCCN(c2cc(C(=O)O)ncn2)C1. The lowest BCUT2D eigenvalue weighted by Gasteiger charge is -2.31. The van der Waals surface area contributed by atoms with Gasteiger partial charge in [-0.15, -0.1) is 0 Å². The largest absolute Gasteiger partial charge is 0.477 e. The molecule has 1 atom stereocenters. The highest BCUT2D eigenvalue weighted by Gasteiger charge is 2.18. The van der Waals surface area contributed by atoms with Crippen LogP contribution in [-0.4, -0.2) is 34.1 Å². The van der Waals surface area contributed by atoms with Crippen LogP contribution in [0.2, 0.25) is 0 Å². The molecule has 0 unspecified atom stereocenters. The van der Waals surface area contributed by atoms with E-state index in [9.17, 15) is 4.79 Å². The molecule has 1 aromatic rings. The summed E-state index contributed by atoms with van der Waals surface area (Å²) in [5.74, 6) is 0.352. The number of aromatic nitrogens is 2. The zero-order chi connectivity index (χ0) is 11.5. The lowest BCUT2D eigenvalue weighted by atomic mass is 10.0. The second kappa shape index (κ2) is 4.47. The molecule has 0 radical (unpaired) electrons. The van der Waals surface area contributed by atoms with Gasteiger partial charge in [0, 0.05) is 19.2 Å². The summed E-state index contributed by atoms with van der Waals surface area (Å²) in [7, 11) is 0.